The molecule has 0 bridgehead atoms. The molecule has 0 spiro atoms. The molecule has 136 valence electrons. The van der Waals surface area contributed by atoms with Crippen LogP contribution < -0.4 is 0 Å². The van der Waals surface area contributed by atoms with E-state index in [9.17, 15) is 9.59 Å². The summed E-state index contributed by atoms with van der Waals surface area (Å²) < 4.78 is 2.02. The molecule has 0 unspecified atom stereocenters. The number of ketones is 1. The molecule has 0 N–H and O–H groups in total. The largest absolute Gasteiger partial charge is 0.361 e. The minimum atomic E-state index is -0.286. The van der Waals surface area contributed by atoms with E-state index in [4.69, 9.17) is 17.1 Å². The Morgan fingerprint density at radius 1 is 0.923 bits per heavy atom. The number of benzene rings is 2. The van der Waals surface area contributed by atoms with Gasteiger partial charge in [0.25, 0.3) is 0 Å². The van der Waals surface area contributed by atoms with Gasteiger partial charge >= 0.3 is 6.21 Å². The number of carbonyl (C=O) groups excluding carboxylic acids is 2. The van der Waals surface area contributed by atoms with Crippen molar-refractivity contribution in [1.82, 2.24) is 0 Å². The Morgan fingerprint density at radius 3 is 1.81 bits per heavy atom. The van der Waals surface area contributed by atoms with Crippen LogP contribution in [-0.2, 0) is 22.4 Å². The Balaban J connectivity index is 0.000000263. The fourth-order valence-electron chi connectivity index (χ4n) is 2.02. The molecular formula is C19H17Br2ClN2O2. The number of Topliss-reactive ketones (excluding diaryl/α,β-unsaturated/α-hetero) is 1. The van der Waals surface area contributed by atoms with Crippen LogP contribution in [0.5, 0.6) is 0 Å². The van der Waals surface area contributed by atoms with Crippen molar-refractivity contribution >= 4 is 60.7 Å². The molecule has 0 fully saturated rings. The van der Waals surface area contributed by atoms with Crippen molar-refractivity contribution in [2.45, 2.75) is 25.7 Å². The highest BCUT2D eigenvalue weighted by Gasteiger charge is 2.05. The number of nitrogens with zero attached hydrogens (tertiary/aromatic N) is 2. The molecular weight excluding hydrogens is 483 g/mol. The zero-order chi connectivity index (χ0) is 19.4. The molecule has 0 saturated heterocycles. The van der Waals surface area contributed by atoms with Crippen molar-refractivity contribution in [3.8, 4) is 0 Å². The van der Waals surface area contributed by atoms with Crippen molar-refractivity contribution < 1.29 is 14.4 Å². The highest BCUT2D eigenvalue weighted by Crippen LogP contribution is 2.18. The van der Waals surface area contributed by atoms with Gasteiger partial charge in [-0.2, -0.15) is 4.79 Å². The SMILES string of the molecule is O=C(Cl)CCc1ccccc1Br.[N-]=[N+]=CC(=O)CCc1ccccc1Br. The summed E-state index contributed by atoms with van der Waals surface area (Å²) >= 11 is 12.0. The van der Waals surface area contributed by atoms with E-state index in [0.717, 1.165) is 26.3 Å². The third-order valence-electron chi connectivity index (χ3n) is 3.35. The van der Waals surface area contributed by atoms with E-state index in [1.807, 2.05) is 48.5 Å². The van der Waals surface area contributed by atoms with Crippen molar-refractivity contribution in [2.75, 3.05) is 0 Å². The summed E-state index contributed by atoms with van der Waals surface area (Å²) in [6, 6.07) is 15.5. The predicted octanol–water partition coefficient (Wildman–Crippen LogP) is 5.40. The fourth-order valence-corrected chi connectivity index (χ4v) is 3.08. The first-order valence-corrected chi connectivity index (χ1v) is 9.75. The van der Waals surface area contributed by atoms with Crippen LogP contribution in [0.1, 0.15) is 24.0 Å². The fraction of sp³-hybridized carbons (Fsp3) is 0.211. The first kappa shape index (κ1) is 22.5. The van der Waals surface area contributed by atoms with Gasteiger partial charge in [0.1, 0.15) is 0 Å². The summed E-state index contributed by atoms with van der Waals surface area (Å²) in [5, 5.41) is -0.286. The van der Waals surface area contributed by atoms with E-state index < -0.39 is 0 Å². The molecule has 2 rings (SSSR count). The van der Waals surface area contributed by atoms with Gasteiger partial charge in [-0.15, -0.1) is 0 Å². The highest BCUT2D eigenvalue weighted by molar-refractivity contribution is 9.10. The zero-order valence-corrected chi connectivity index (χ0v) is 17.8. The van der Waals surface area contributed by atoms with Crippen molar-refractivity contribution in [1.29, 1.82) is 0 Å². The third kappa shape index (κ3) is 9.20. The average Bonchev–Trinajstić information content (AvgIpc) is 2.61. The molecule has 0 atom stereocenters. The van der Waals surface area contributed by atoms with Gasteiger partial charge in [-0.1, -0.05) is 68.3 Å². The first-order chi connectivity index (χ1) is 12.4. The molecule has 7 heteroatoms. The molecule has 26 heavy (non-hydrogen) atoms. The van der Waals surface area contributed by atoms with Gasteiger partial charge in [0.15, 0.2) is 0 Å². The van der Waals surface area contributed by atoms with Crippen LogP contribution >= 0.6 is 43.5 Å². The van der Waals surface area contributed by atoms with Crippen molar-refractivity contribution in [2.24, 2.45) is 0 Å². The Kier molecular flexibility index (Phi) is 11.0. The summed E-state index contributed by atoms with van der Waals surface area (Å²) in [6.45, 7) is 0. The minimum absolute atomic E-state index is 0.178. The maximum absolute atomic E-state index is 11.0. The number of halogens is 3. The lowest BCUT2D eigenvalue weighted by atomic mass is 10.1. The Hall–Kier alpha value is -1.59. The Morgan fingerprint density at radius 2 is 1.38 bits per heavy atom. The highest BCUT2D eigenvalue weighted by atomic mass is 79.9. The lowest BCUT2D eigenvalue weighted by molar-refractivity contribution is -0.116. The lowest BCUT2D eigenvalue weighted by Gasteiger charge is -2.00. The quantitative estimate of drug-likeness (QED) is 0.221. The van der Waals surface area contributed by atoms with Crippen LogP contribution in [0.15, 0.2) is 57.5 Å². The van der Waals surface area contributed by atoms with Crippen LogP contribution in [-0.4, -0.2) is 22.0 Å². The van der Waals surface area contributed by atoms with E-state index in [1.165, 1.54) is 0 Å². The van der Waals surface area contributed by atoms with Crippen LogP contribution in [0, 0.1) is 0 Å². The monoisotopic (exact) mass is 498 g/mol. The Labute approximate surface area is 174 Å². The minimum Gasteiger partial charge on any atom is -0.361 e. The predicted molar refractivity (Wildman–Crippen MR) is 110 cm³/mol. The first-order valence-electron chi connectivity index (χ1n) is 7.79. The summed E-state index contributed by atoms with van der Waals surface area (Å²) in [7, 11) is 0. The van der Waals surface area contributed by atoms with Gasteiger partial charge in [-0.25, -0.2) is 0 Å². The van der Waals surface area contributed by atoms with Gasteiger partial charge in [0, 0.05) is 21.8 Å². The lowest BCUT2D eigenvalue weighted by Crippen LogP contribution is -2.02. The van der Waals surface area contributed by atoms with E-state index >= 15 is 0 Å². The Bertz CT molecular complexity index is 806. The van der Waals surface area contributed by atoms with Crippen LogP contribution in [0.2, 0.25) is 0 Å². The smallest absolute Gasteiger partial charge is 0.323 e. The summed E-state index contributed by atoms with van der Waals surface area (Å²) in [5.74, 6) is -0.178. The van der Waals surface area contributed by atoms with Crippen LogP contribution in [0.25, 0.3) is 5.53 Å². The normalized spacial score (nSPS) is 9.50. The standard InChI is InChI=1S/C10H9BrN2O.C9H8BrClO/c11-10-4-2-1-3-8(10)5-6-9(14)7-13-12;10-8-4-2-1-3-7(8)5-6-9(11)12/h1-4,7H,5-6H2;1-4H,5-6H2. The van der Waals surface area contributed by atoms with Crippen LogP contribution in [0.4, 0.5) is 0 Å². The molecule has 0 radical (unpaired) electrons. The number of hydrogen-bond donors (Lipinski definition) is 0. The van der Waals surface area contributed by atoms with Crippen LogP contribution in [0.3, 0.4) is 0 Å². The van der Waals surface area contributed by atoms with Crippen molar-refractivity contribution in [3.63, 3.8) is 0 Å². The van der Waals surface area contributed by atoms with E-state index in [1.54, 1.807) is 0 Å². The molecule has 0 aliphatic carbocycles. The summed E-state index contributed by atoms with van der Waals surface area (Å²) in [4.78, 5) is 24.2. The molecule has 0 aromatic heterocycles. The van der Waals surface area contributed by atoms with Gasteiger partial charge in [-0.05, 0) is 47.7 Å². The second kappa shape index (κ2) is 12.7. The maximum atomic E-state index is 11.0. The summed E-state index contributed by atoms with van der Waals surface area (Å²) in [5.41, 5.74) is 10.3. The molecule has 0 aliphatic rings. The molecule has 0 amide bonds. The van der Waals surface area contributed by atoms with E-state index in [-0.39, 0.29) is 11.0 Å². The zero-order valence-electron chi connectivity index (χ0n) is 13.9. The third-order valence-corrected chi connectivity index (χ3v) is 5.09. The average molecular weight is 501 g/mol. The molecule has 2 aromatic carbocycles. The second-order valence-electron chi connectivity index (χ2n) is 5.25. The topological polar surface area (TPSA) is 70.5 Å². The van der Waals surface area contributed by atoms with Gasteiger partial charge in [-0.3, -0.25) is 9.59 Å². The van der Waals surface area contributed by atoms with Gasteiger partial charge < -0.3 is 5.53 Å². The number of hydrogen-bond acceptors (Lipinski definition) is 2. The van der Waals surface area contributed by atoms with Gasteiger partial charge in [0.2, 0.25) is 11.0 Å². The number of rotatable bonds is 7. The summed E-state index contributed by atoms with van der Waals surface area (Å²) in [6.07, 6.45) is 3.02. The molecule has 0 aliphatic heterocycles. The molecule has 0 saturated carbocycles. The number of carbonyl (C=O) groups is 2. The molecule has 0 heterocycles. The maximum Gasteiger partial charge on any atom is 0.323 e. The van der Waals surface area contributed by atoms with E-state index in [0.29, 0.717) is 25.7 Å². The molecule has 4 nitrogen and oxygen atoms in total. The number of aryl methyl sites for hydroxylation is 2. The second-order valence-corrected chi connectivity index (χ2v) is 7.38. The van der Waals surface area contributed by atoms with Gasteiger partial charge in [0.05, 0.1) is 0 Å². The van der Waals surface area contributed by atoms with E-state index in [2.05, 4.69) is 36.6 Å². The molecule has 2 aromatic rings. The van der Waals surface area contributed by atoms with Crippen molar-refractivity contribution in [3.05, 3.63) is 74.1 Å².